The van der Waals surface area contributed by atoms with Crippen LogP contribution in [0.2, 0.25) is 0 Å². The fourth-order valence-corrected chi connectivity index (χ4v) is 6.18. The molecule has 12 heteroatoms. The summed E-state index contributed by atoms with van der Waals surface area (Å²) in [5.41, 5.74) is 7.01. The lowest BCUT2D eigenvalue weighted by Crippen LogP contribution is -2.55. The van der Waals surface area contributed by atoms with Gasteiger partial charge in [0.1, 0.15) is 29.8 Å². The quantitative estimate of drug-likeness (QED) is 0.147. The van der Waals surface area contributed by atoms with E-state index in [1.54, 1.807) is 56.3 Å². The third-order valence-electron chi connectivity index (χ3n) is 7.47. The van der Waals surface area contributed by atoms with Gasteiger partial charge in [-0.3, -0.25) is 23.7 Å². The number of carbonyl (C=O) groups excluding carboxylic acids is 4. The van der Waals surface area contributed by atoms with Gasteiger partial charge >= 0.3 is 0 Å². The van der Waals surface area contributed by atoms with Crippen LogP contribution in [0.3, 0.4) is 0 Å². The van der Waals surface area contributed by atoms with Gasteiger partial charge in [-0.25, -0.2) is 4.39 Å². The third kappa shape index (κ3) is 11.1. The molecule has 0 heterocycles. The summed E-state index contributed by atoms with van der Waals surface area (Å²) < 4.78 is 27.4. The predicted octanol–water partition coefficient (Wildman–Crippen LogP) is 4.00. The van der Waals surface area contributed by atoms with Gasteiger partial charge in [0, 0.05) is 12.0 Å². The van der Waals surface area contributed by atoms with E-state index < -0.39 is 66.8 Å². The first-order valence-corrected chi connectivity index (χ1v) is 16.8. The van der Waals surface area contributed by atoms with Crippen LogP contribution in [0.5, 0.6) is 0 Å². The average Bonchev–Trinajstić information content (AvgIpc) is 3.03. The zero-order valence-electron chi connectivity index (χ0n) is 25.8. The Morgan fingerprint density at radius 2 is 1.59 bits per heavy atom. The number of carbonyl (C=O) groups is 4. The number of amides is 4. The zero-order valence-corrected chi connectivity index (χ0v) is 26.7. The Morgan fingerprint density at radius 1 is 0.935 bits per heavy atom. The van der Waals surface area contributed by atoms with Gasteiger partial charge < -0.3 is 26.6 Å². The maximum Gasteiger partial charge on any atom is 0.252 e. The Morgan fingerprint density at radius 3 is 2.20 bits per heavy atom. The van der Waals surface area contributed by atoms with Crippen molar-refractivity contribution in [1.29, 1.82) is 0 Å². The normalized spacial score (nSPS) is 15.1. The SMILES string of the molecule is CCC(C)C(NC(=O)CP(=O)(O)C(Cc1ccccc1)NC(=O)c1cccc(F)c1)C(=O)N[C@@H](CC=Cc1ccccc1)C(N)=O. The molecule has 0 aliphatic heterocycles. The highest BCUT2D eigenvalue weighted by atomic mass is 31.2. The lowest BCUT2D eigenvalue weighted by Gasteiger charge is -2.27. The summed E-state index contributed by atoms with van der Waals surface area (Å²) in [6.45, 7) is 3.52. The second-order valence-electron chi connectivity index (χ2n) is 11.0. The molecule has 0 aliphatic rings. The van der Waals surface area contributed by atoms with Crippen molar-refractivity contribution in [1.82, 2.24) is 16.0 Å². The predicted molar refractivity (Wildman–Crippen MR) is 175 cm³/mol. The van der Waals surface area contributed by atoms with Crippen molar-refractivity contribution in [3.8, 4) is 0 Å². The van der Waals surface area contributed by atoms with E-state index >= 15 is 0 Å². The molecule has 0 bridgehead atoms. The Labute approximate surface area is 268 Å². The van der Waals surface area contributed by atoms with Crippen LogP contribution in [0, 0.1) is 11.7 Å². The molecule has 3 aromatic rings. The summed E-state index contributed by atoms with van der Waals surface area (Å²) in [5, 5.41) is 7.64. The molecule has 244 valence electrons. The molecular formula is C34H40FN4O6P. The van der Waals surface area contributed by atoms with Gasteiger partial charge in [-0.05, 0) is 41.7 Å². The highest BCUT2D eigenvalue weighted by Crippen LogP contribution is 2.46. The first kappa shape index (κ1) is 35.9. The summed E-state index contributed by atoms with van der Waals surface area (Å²) >= 11 is 0. The van der Waals surface area contributed by atoms with Gasteiger partial charge in [0.25, 0.3) is 5.91 Å². The second kappa shape index (κ2) is 17.2. The van der Waals surface area contributed by atoms with Gasteiger partial charge in [-0.1, -0.05) is 99.2 Å². The van der Waals surface area contributed by atoms with E-state index in [9.17, 15) is 33.0 Å². The van der Waals surface area contributed by atoms with E-state index in [2.05, 4.69) is 16.0 Å². The second-order valence-corrected chi connectivity index (χ2v) is 13.5. The maximum absolute atomic E-state index is 13.8. The number of hydrogen-bond acceptors (Lipinski definition) is 5. The summed E-state index contributed by atoms with van der Waals surface area (Å²) in [6.07, 6.45) is 3.06. The molecule has 4 amide bonds. The Kier molecular flexibility index (Phi) is 13.4. The Hall–Kier alpha value is -4.60. The summed E-state index contributed by atoms with van der Waals surface area (Å²) in [5.74, 6) is -5.59. The van der Waals surface area contributed by atoms with Crippen molar-refractivity contribution in [2.45, 2.75) is 51.0 Å². The smallest absolute Gasteiger partial charge is 0.252 e. The van der Waals surface area contributed by atoms with E-state index in [-0.39, 0.29) is 18.4 Å². The van der Waals surface area contributed by atoms with E-state index in [1.165, 1.54) is 12.1 Å². The minimum atomic E-state index is -4.48. The minimum Gasteiger partial charge on any atom is -0.368 e. The molecule has 0 spiro atoms. The average molecular weight is 651 g/mol. The van der Waals surface area contributed by atoms with Gasteiger partial charge in [0.05, 0.1) is 0 Å². The Bertz CT molecular complexity index is 1570. The van der Waals surface area contributed by atoms with E-state index in [1.807, 2.05) is 30.3 Å². The monoisotopic (exact) mass is 650 g/mol. The molecular weight excluding hydrogens is 610 g/mol. The number of nitrogens with one attached hydrogen (secondary N) is 3. The summed E-state index contributed by atoms with van der Waals surface area (Å²) in [6, 6.07) is 20.6. The van der Waals surface area contributed by atoms with Crippen LogP contribution in [-0.2, 0) is 25.4 Å². The van der Waals surface area contributed by atoms with Gasteiger partial charge in [-0.2, -0.15) is 0 Å². The third-order valence-corrected chi connectivity index (χ3v) is 9.49. The summed E-state index contributed by atoms with van der Waals surface area (Å²) in [7, 11) is -4.48. The number of benzene rings is 3. The summed E-state index contributed by atoms with van der Waals surface area (Å²) in [4.78, 5) is 62.8. The zero-order chi connectivity index (χ0) is 33.7. The number of nitrogens with two attached hydrogens (primary N) is 1. The first-order valence-electron chi connectivity index (χ1n) is 14.9. The largest absolute Gasteiger partial charge is 0.368 e. The van der Waals surface area contributed by atoms with E-state index in [4.69, 9.17) is 5.73 Å². The topological polar surface area (TPSA) is 168 Å². The minimum absolute atomic E-state index is 0.0568. The molecule has 0 saturated heterocycles. The molecule has 10 nitrogen and oxygen atoms in total. The van der Waals surface area contributed by atoms with Crippen molar-refractivity contribution in [2.75, 3.05) is 6.16 Å². The van der Waals surface area contributed by atoms with Crippen LogP contribution in [0.4, 0.5) is 4.39 Å². The molecule has 5 atom stereocenters. The van der Waals surface area contributed by atoms with Crippen molar-refractivity contribution >= 4 is 37.1 Å². The van der Waals surface area contributed by atoms with Crippen molar-refractivity contribution < 1.29 is 33.0 Å². The molecule has 46 heavy (non-hydrogen) atoms. The lowest BCUT2D eigenvalue weighted by molar-refractivity contribution is -0.131. The molecule has 0 aromatic heterocycles. The highest BCUT2D eigenvalue weighted by molar-refractivity contribution is 7.59. The first-order chi connectivity index (χ1) is 21.9. The van der Waals surface area contributed by atoms with Gasteiger partial charge in [-0.15, -0.1) is 0 Å². The molecule has 3 aromatic carbocycles. The van der Waals surface area contributed by atoms with Crippen molar-refractivity contribution in [3.05, 3.63) is 114 Å². The number of hydrogen-bond donors (Lipinski definition) is 5. The number of rotatable bonds is 16. The van der Waals surface area contributed by atoms with Crippen LogP contribution in [0.15, 0.2) is 91.0 Å². The van der Waals surface area contributed by atoms with E-state index in [0.717, 1.165) is 17.7 Å². The molecule has 6 N–H and O–H groups in total. The van der Waals surface area contributed by atoms with Gasteiger partial charge in [0.15, 0.2) is 0 Å². The fourth-order valence-electron chi connectivity index (χ4n) is 4.65. The standard InChI is InChI=1S/C34H40FN4O6P/c1-3-23(2)31(34(43)37-28(32(36)41)19-10-16-24-12-6-4-7-13-24)38-29(40)22-46(44,45)30(20-25-14-8-5-9-15-25)39-33(42)26-17-11-18-27(35)21-26/h4-18,21,23,28,30-31H,3,19-20,22H2,1-2H3,(H2,36,41)(H,37,43)(H,38,40)(H,39,42)(H,44,45)/t23?,28-,30?,31?/m0/s1. The molecule has 3 rings (SSSR count). The van der Waals surface area contributed by atoms with Crippen LogP contribution >= 0.6 is 7.37 Å². The highest BCUT2D eigenvalue weighted by Gasteiger charge is 2.37. The Balaban J connectivity index is 1.74. The van der Waals surface area contributed by atoms with Crippen molar-refractivity contribution in [3.63, 3.8) is 0 Å². The van der Waals surface area contributed by atoms with Crippen molar-refractivity contribution in [2.24, 2.45) is 11.7 Å². The molecule has 4 unspecified atom stereocenters. The molecule has 0 radical (unpaired) electrons. The van der Waals surface area contributed by atoms with Crippen LogP contribution < -0.4 is 21.7 Å². The van der Waals surface area contributed by atoms with Gasteiger partial charge in [0.2, 0.25) is 25.1 Å². The maximum atomic E-state index is 13.8. The van der Waals surface area contributed by atoms with E-state index in [0.29, 0.717) is 12.0 Å². The van der Waals surface area contributed by atoms with Crippen LogP contribution in [0.25, 0.3) is 6.08 Å². The number of primary amides is 1. The lowest BCUT2D eigenvalue weighted by atomic mass is 9.97. The molecule has 0 fully saturated rings. The van der Waals surface area contributed by atoms with Crippen LogP contribution in [0.1, 0.15) is 48.2 Å². The fraction of sp³-hybridized carbons (Fsp3) is 0.294. The molecule has 0 saturated carbocycles. The molecule has 0 aliphatic carbocycles. The number of halogens is 1. The van der Waals surface area contributed by atoms with Crippen LogP contribution in [-0.4, -0.2) is 52.6 Å².